The molecule has 156 valence electrons. The number of carbonyl (C=O) groups excluding carboxylic acids is 1. The average molecular weight is 480 g/mol. The van der Waals surface area contributed by atoms with Crippen LogP contribution in [0.2, 0.25) is 0 Å². The number of halogens is 1. The molecule has 0 aliphatic carbocycles. The summed E-state index contributed by atoms with van der Waals surface area (Å²) in [7, 11) is 3.01. The molecule has 0 saturated heterocycles. The van der Waals surface area contributed by atoms with Gasteiger partial charge in [-0.15, -0.1) is 0 Å². The fourth-order valence-corrected chi connectivity index (χ4v) is 3.64. The third-order valence-electron chi connectivity index (χ3n) is 4.81. The zero-order valence-electron chi connectivity index (χ0n) is 16.8. The summed E-state index contributed by atoms with van der Waals surface area (Å²) in [5, 5.41) is 3.65. The molecule has 0 unspecified atom stereocenters. The Bertz CT molecular complexity index is 1350. The minimum absolute atomic E-state index is 0.356. The molecule has 1 aromatic heterocycles. The van der Waals surface area contributed by atoms with Crippen molar-refractivity contribution in [2.75, 3.05) is 19.5 Å². The second kappa shape index (κ2) is 8.65. The number of carbonyl (C=O) groups is 1. The van der Waals surface area contributed by atoms with Gasteiger partial charge in [-0.25, -0.2) is 4.79 Å². The number of anilines is 1. The maximum absolute atomic E-state index is 13.0. The molecule has 4 aromatic rings. The van der Waals surface area contributed by atoms with Crippen LogP contribution in [-0.2, 0) is 0 Å². The molecule has 4 rings (SSSR count). The van der Waals surface area contributed by atoms with Crippen molar-refractivity contribution in [3.05, 3.63) is 87.2 Å². The zero-order chi connectivity index (χ0) is 22.0. The summed E-state index contributed by atoms with van der Waals surface area (Å²) in [6.07, 6.45) is 0. The first-order valence-corrected chi connectivity index (χ1v) is 10.2. The number of hydrogen-bond acceptors (Lipinski definition) is 5. The molecule has 0 atom stereocenters. The number of rotatable bonds is 5. The third kappa shape index (κ3) is 4.18. The molecule has 7 heteroatoms. The van der Waals surface area contributed by atoms with Gasteiger partial charge in [-0.1, -0.05) is 40.2 Å². The molecule has 0 aliphatic heterocycles. The Morgan fingerprint density at radius 2 is 1.68 bits per heavy atom. The van der Waals surface area contributed by atoms with Crippen molar-refractivity contribution >= 4 is 38.5 Å². The Kier molecular flexibility index (Phi) is 5.77. The standard InChI is InChI=1S/C24H18BrNO5/c1-29-21-10-8-16(25)13-18(21)23(27)26-19-12-14(7-9-22(19)30-2)17-11-15-5-3-4-6-20(15)31-24(17)28/h3-13H,1-2H3,(H,26,27). The fraction of sp³-hybridized carbons (Fsp3) is 0.0833. The molecular formula is C24H18BrNO5. The molecule has 1 heterocycles. The lowest BCUT2D eigenvalue weighted by molar-refractivity contribution is 0.102. The Labute approximate surface area is 186 Å². The van der Waals surface area contributed by atoms with E-state index in [9.17, 15) is 9.59 Å². The van der Waals surface area contributed by atoms with Crippen LogP contribution in [-0.4, -0.2) is 20.1 Å². The van der Waals surface area contributed by atoms with Gasteiger partial charge in [0.05, 0.1) is 31.0 Å². The molecule has 0 radical (unpaired) electrons. The predicted molar refractivity (Wildman–Crippen MR) is 123 cm³/mol. The second-order valence-electron chi connectivity index (χ2n) is 6.70. The molecule has 0 fully saturated rings. The average Bonchev–Trinajstić information content (AvgIpc) is 2.78. The van der Waals surface area contributed by atoms with E-state index in [0.29, 0.717) is 39.5 Å². The van der Waals surface area contributed by atoms with E-state index in [-0.39, 0.29) is 5.91 Å². The highest BCUT2D eigenvalue weighted by Gasteiger charge is 2.17. The van der Waals surface area contributed by atoms with Crippen molar-refractivity contribution in [2.45, 2.75) is 0 Å². The summed E-state index contributed by atoms with van der Waals surface area (Å²) < 4.78 is 16.9. The van der Waals surface area contributed by atoms with Gasteiger partial charge in [-0.3, -0.25) is 4.79 Å². The smallest absolute Gasteiger partial charge is 0.344 e. The SMILES string of the molecule is COc1ccc(-c2cc3ccccc3oc2=O)cc1NC(=O)c1cc(Br)ccc1OC. The van der Waals surface area contributed by atoms with Crippen LogP contribution in [0.25, 0.3) is 22.1 Å². The second-order valence-corrected chi connectivity index (χ2v) is 7.61. The van der Waals surface area contributed by atoms with Crippen LogP contribution in [0, 0.1) is 0 Å². The van der Waals surface area contributed by atoms with Crippen molar-refractivity contribution in [2.24, 2.45) is 0 Å². The van der Waals surface area contributed by atoms with Gasteiger partial charge in [-0.2, -0.15) is 0 Å². The lowest BCUT2D eigenvalue weighted by Crippen LogP contribution is -2.14. The first kappa shape index (κ1) is 20.7. The first-order chi connectivity index (χ1) is 15.0. The van der Waals surface area contributed by atoms with Crippen LogP contribution < -0.4 is 20.4 Å². The monoisotopic (exact) mass is 479 g/mol. The van der Waals surface area contributed by atoms with E-state index in [2.05, 4.69) is 21.2 Å². The Morgan fingerprint density at radius 1 is 0.935 bits per heavy atom. The van der Waals surface area contributed by atoms with Gasteiger partial charge in [0, 0.05) is 9.86 Å². The molecule has 0 bridgehead atoms. The van der Waals surface area contributed by atoms with Crippen LogP contribution in [0.5, 0.6) is 11.5 Å². The van der Waals surface area contributed by atoms with E-state index in [1.54, 1.807) is 48.5 Å². The number of para-hydroxylation sites is 1. The topological polar surface area (TPSA) is 77.8 Å². The van der Waals surface area contributed by atoms with Crippen molar-refractivity contribution in [1.29, 1.82) is 0 Å². The molecule has 1 amide bonds. The molecule has 0 aliphatic rings. The van der Waals surface area contributed by atoms with Crippen LogP contribution in [0.3, 0.4) is 0 Å². The highest BCUT2D eigenvalue weighted by Crippen LogP contribution is 2.32. The van der Waals surface area contributed by atoms with Crippen molar-refractivity contribution in [3.63, 3.8) is 0 Å². The summed E-state index contributed by atoms with van der Waals surface area (Å²) >= 11 is 3.37. The van der Waals surface area contributed by atoms with Gasteiger partial charge >= 0.3 is 5.63 Å². The van der Waals surface area contributed by atoms with Gasteiger partial charge in [-0.05, 0) is 48.0 Å². The molecule has 1 N–H and O–H groups in total. The first-order valence-electron chi connectivity index (χ1n) is 9.36. The van der Waals surface area contributed by atoms with Gasteiger partial charge < -0.3 is 19.2 Å². The summed E-state index contributed by atoms with van der Waals surface area (Å²) in [5.41, 5.74) is 1.80. The number of hydrogen-bond donors (Lipinski definition) is 1. The Balaban J connectivity index is 1.76. The van der Waals surface area contributed by atoms with Crippen LogP contribution in [0.1, 0.15) is 10.4 Å². The number of fused-ring (bicyclic) bond motifs is 1. The van der Waals surface area contributed by atoms with Crippen molar-refractivity contribution < 1.29 is 18.7 Å². The van der Waals surface area contributed by atoms with Crippen LogP contribution >= 0.6 is 15.9 Å². The number of methoxy groups -OCH3 is 2. The van der Waals surface area contributed by atoms with E-state index >= 15 is 0 Å². The summed E-state index contributed by atoms with van der Waals surface area (Å²) in [4.78, 5) is 25.5. The summed E-state index contributed by atoms with van der Waals surface area (Å²) in [6, 6.07) is 19.3. The van der Waals surface area contributed by atoms with E-state index in [4.69, 9.17) is 13.9 Å². The third-order valence-corrected chi connectivity index (χ3v) is 5.30. The molecule has 6 nitrogen and oxygen atoms in total. The quantitative estimate of drug-likeness (QED) is 0.382. The highest BCUT2D eigenvalue weighted by molar-refractivity contribution is 9.10. The molecular weight excluding hydrogens is 462 g/mol. The molecule has 3 aromatic carbocycles. The Hall–Kier alpha value is -3.58. The van der Waals surface area contributed by atoms with E-state index < -0.39 is 5.63 Å². The lowest BCUT2D eigenvalue weighted by atomic mass is 10.0. The highest BCUT2D eigenvalue weighted by atomic mass is 79.9. The number of nitrogens with one attached hydrogen (secondary N) is 1. The minimum atomic E-state index is -0.463. The molecule has 31 heavy (non-hydrogen) atoms. The maximum Gasteiger partial charge on any atom is 0.344 e. The maximum atomic E-state index is 13.0. The number of amides is 1. The van der Waals surface area contributed by atoms with Crippen molar-refractivity contribution in [3.8, 4) is 22.6 Å². The van der Waals surface area contributed by atoms with Gasteiger partial charge in [0.15, 0.2) is 0 Å². The van der Waals surface area contributed by atoms with Crippen LogP contribution in [0.4, 0.5) is 5.69 Å². The summed E-state index contributed by atoms with van der Waals surface area (Å²) in [6.45, 7) is 0. The number of ether oxygens (including phenoxy) is 2. The normalized spacial score (nSPS) is 10.7. The van der Waals surface area contributed by atoms with E-state index in [1.165, 1.54) is 14.2 Å². The molecule has 0 spiro atoms. The Morgan fingerprint density at radius 3 is 2.45 bits per heavy atom. The largest absolute Gasteiger partial charge is 0.496 e. The lowest BCUT2D eigenvalue weighted by Gasteiger charge is -2.14. The van der Waals surface area contributed by atoms with E-state index in [0.717, 1.165) is 9.86 Å². The van der Waals surface area contributed by atoms with Gasteiger partial charge in [0.1, 0.15) is 17.1 Å². The summed E-state index contributed by atoms with van der Waals surface area (Å²) in [5.74, 6) is 0.515. The number of benzene rings is 3. The van der Waals surface area contributed by atoms with Crippen LogP contribution in [0.15, 0.2) is 80.4 Å². The fourth-order valence-electron chi connectivity index (χ4n) is 3.28. The van der Waals surface area contributed by atoms with E-state index in [1.807, 2.05) is 18.2 Å². The van der Waals surface area contributed by atoms with Crippen molar-refractivity contribution in [1.82, 2.24) is 0 Å². The minimum Gasteiger partial charge on any atom is -0.496 e. The van der Waals surface area contributed by atoms with Gasteiger partial charge in [0.25, 0.3) is 5.91 Å². The predicted octanol–water partition coefficient (Wildman–Crippen LogP) is 5.49. The zero-order valence-corrected chi connectivity index (χ0v) is 18.4. The molecule has 0 saturated carbocycles. The van der Waals surface area contributed by atoms with Gasteiger partial charge in [0.2, 0.25) is 0 Å².